The summed E-state index contributed by atoms with van der Waals surface area (Å²) in [5.74, 6) is -0.619. The smallest absolute Gasteiger partial charge is 0.253 e. The summed E-state index contributed by atoms with van der Waals surface area (Å²) >= 11 is 1.19. The van der Waals surface area contributed by atoms with Crippen molar-refractivity contribution in [2.24, 2.45) is 5.73 Å². The molecule has 1 aliphatic heterocycles. The molecule has 2 heterocycles. The Morgan fingerprint density at radius 1 is 1.50 bits per heavy atom. The van der Waals surface area contributed by atoms with Crippen molar-refractivity contribution in [3.05, 3.63) is 10.4 Å². The van der Waals surface area contributed by atoms with Crippen LogP contribution in [0, 0.1) is 11.3 Å². The van der Waals surface area contributed by atoms with E-state index in [1.54, 1.807) is 0 Å². The zero-order chi connectivity index (χ0) is 14.9. The molecule has 5 N–H and O–H groups in total. The van der Waals surface area contributed by atoms with Crippen LogP contribution in [0.5, 0.6) is 0 Å². The normalized spacial score (nSPS) is 23.1. The van der Waals surface area contributed by atoms with Gasteiger partial charge < -0.3 is 21.5 Å². The fourth-order valence-electron chi connectivity index (χ4n) is 2.44. The van der Waals surface area contributed by atoms with Crippen LogP contribution < -0.4 is 16.4 Å². The summed E-state index contributed by atoms with van der Waals surface area (Å²) in [4.78, 5) is 13.9. The van der Waals surface area contributed by atoms with Gasteiger partial charge >= 0.3 is 0 Å². The maximum absolute atomic E-state index is 11.6. The molecular weight excluding hydrogens is 276 g/mol. The molecule has 0 saturated carbocycles. The second-order valence-corrected chi connectivity index (χ2v) is 6.34. The summed E-state index contributed by atoms with van der Waals surface area (Å²) in [5, 5.41) is 19.8. The molecule has 0 aliphatic carbocycles. The Labute approximate surface area is 121 Å². The van der Waals surface area contributed by atoms with Crippen molar-refractivity contribution >= 4 is 27.9 Å². The van der Waals surface area contributed by atoms with Crippen molar-refractivity contribution in [3.63, 3.8) is 0 Å². The first-order valence-corrected chi connectivity index (χ1v) is 7.27. The van der Waals surface area contributed by atoms with Gasteiger partial charge in [0.2, 0.25) is 0 Å². The Morgan fingerprint density at radius 3 is 2.80 bits per heavy atom. The van der Waals surface area contributed by atoms with Crippen LogP contribution in [0.4, 0.5) is 10.7 Å². The van der Waals surface area contributed by atoms with Crippen LogP contribution in [-0.4, -0.2) is 29.7 Å². The molecule has 1 aliphatic rings. The van der Waals surface area contributed by atoms with Crippen molar-refractivity contribution in [2.75, 3.05) is 23.7 Å². The number of nitrogens with zero attached hydrogens (tertiary/aromatic N) is 2. The first kappa shape index (κ1) is 14.6. The number of amides is 1. The number of hydrogen-bond donors (Lipinski definition) is 3. The van der Waals surface area contributed by atoms with E-state index in [9.17, 15) is 9.90 Å². The van der Waals surface area contributed by atoms with Crippen molar-refractivity contribution in [3.8, 4) is 6.07 Å². The molecule has 108 valence electrons. The largest absolute Gasteiger partial charge is 0.396 e. The highest BCUT2D eigenvalue weighted by atomic mass is 32.1. The average molecular weight is 294 g/mol. The second-order valence-electron chi connectivity index (χ2n) is 5.34. The number of carbonyl (C=O) groups is 1. The summed E-state index contributed by atoms with van der Waals surface area (Å²) in [6, 6.07) is 1.99. The minimum atomic E-state index is -0.692. The van der Waals surface area contributed by atoms with Gasteiger partial charge in [0.05, 0.1) is 16.9 Å². The highest BCUT2D eigenvalue weighted by Gasteiger charge is 2.29. The van der Waals surface area contributed by atoms with Gasteiger partial charge in [-0.3, -0.25) is 4.79 Å². The fourth-order valence-corrected chi connectivity index (χ4v) is 3.52. The number of hydrogen-bond acceptors (Lipinski definition) is 6. The second kappa shape index (κ2) is 5.31. The van der Waals surface area contributed by atoms with Crippen LogP contribution >= 0.6 is 11.3 Å². The molecule has 20 heavy (non-hydrogen) atoms. The fraction of sp³-hybridized carbons (Fsp3) is 0.538. The van der Waals surface area contributed by atoms with Crippen molar-refractivity contribution < 1.29 is 9.90 Å². The SMILES string of the molecule is CC1(O)CCCN(c2sc(C#N)c(N)c2C(N)=O)CC1. The number of rotatable bonds is 2. The monoisotopic (exact) mass is 294 g/mol. The Morgan fingerprint density at radius 2 is 2.20 bits per heavy atom. The number of aliphatic hydroxyl groups is 1. The Balaban J connectivity index is 2.38. The van der Waals surface area contributed by atoms with Crippen LogP contribution in [0.3, 0.4) is 0 Å². The summed E-state index contributed by atoms with van der Waals surface area (Å²) < 4.78 is 0. The lowest BCUT2D eigenvalue weighted by Gasteiger charge is -2.23. The molecule has 7 heteroatoms. The molecule has 0 bridgehead atoms. The number of nitrogens with two attached hydrogens (primary N) is 2. The van der Waals surface area contributed by atoms with Gasteiger partial charge in [-0.05, 0) is 26.2 Å². The van der Waals surface area contributed by atoms with Gasteiger partial charge in [-0.15, -0.1) is 11.3 Å². The Hall–Kier alpha value is -1.78. The molecule has 1 saturated heterocycles. The lowest BCUT2D eigenvalue weighted by atomic mass is 9.98. The summed E-state index contributed by atoms with van der Waals surface area (Å²) in [5.41, 5.74) is 10.9. The van der Waals surface area contributed by atoms with Crippen molar-refractivity contribution in [1.29, 1.82) is 5.26 Å². The van der Waals surface area contributed by atoms with Crippen LogP contribution in [0.1, 0.15) is 41.4 Å². The Kier molecular flexibility index (Phi) is 3.88. The molecule has 1 amide bonds. The van der Waals surface area contributed by atoms with E-state index < -0.39 is 11.5 Å². The van der Waals surface area contributed by atoms with E-state index >= 15 is 0 Å². The maximum Gasteiger partial charge on any atom is 0.253 e. The highest BCUT2D eigenvalue weighted by molar-refractivity contribution is 7.17. The van der Waals surface area contributed by atoms with Crippen molar-refractivity contribution in [1.82, 2.24) is 0 Å². The minimum absolute atomic E-state index is 0.163. The van der Waals surface area contributed by atoms with Gasteiger partial charge in [0.25, 0.3) is 5.91 Å². The molecule has 1 aromatic heterocycles. The molecule has 0 aromatic carbocycles. The molecule has 1 atom stereocenters. The minimum Gasteiger partial charge on any atom is -0.396 e. The molecule has 1 unspecified atom stereocenters. The summed E-state index contributed by atoms with van der Waals surface area (Å²) in [6.07, 6.45) is 2.12. The lowest BCUT2D eigenvalue weighted by molar-refractivity contribution is 0.0481. The number of primary amides is 1. The highest BCUT2D eigenvalue weighted by Crippen LogP contribution is 2.39. The third-order valence-electron chi connectivity index (χ3n) is 3.63. The topological polar surface area (TPSA) is 116 Å². The van der Waals surface area contributed by atoms with Crippen LogP contribution in [0.2, 0.25) is 0 Å². The van der Waals surface area contributed by atoms with Gasteiger partial charge in [0.15, 0.2) is 0 Å². The first-order valence-electron chi connectivity index (χ1n) is 6.45. The van der Waals surface area contributed by atoms with E-state index in [0.29, 0.717) is 35.8 Å². The predicted molar refractivity (Wildman–Crippen MR) is 78.7 cm³/mol. The maximum atomic E-state index is 11.6. The molecule has 6 nitrogen and oxygen atoms in total. The van der Waals surface area contributed by atoms with Gasteiger partial charge in [-0.25, -0.2) is 0 Å². The lowest BCUT2D eigenvalue weighted by Crippen LogP contribution is -2.29. The van der Waals surface area contributed by atoms with Gasteiger partial charge in [0.1, 0.15) is 15.9 Å². The van der Waals surface area contributed by atoms with E-state index in [2.05, 4.69) is 0 Å². The number of nitriles is 1. The number of thiophene rings is 1. The number of anilines is 2. The molecule has 0 spiro atoms. The zero-order valence-electron chi connectivity index (χ0n) is 11.3. The Bertz CT molecular complexity index is 574. The first-order chi connectivity index (χ1) is 9.35. The van der Waals surface area contributed by atoms with E-state index in [4.69, 9.17) is 16.7 Å². The predicted octanol–water partition coefficient (Wildman–Crippen LogP) is 1.04. The number of nitrogen functional groups attached to an aromatic ring is 1. The van der Waals surface area contributed by atoms with Crippen molar-refractivity contribution in [2.45, 2.75) is 31.8 Å². The molecular formula is C13H18N4O2S. The van der Waals surface area contributed by atoms with E-state index in [1.807, 2.05) is 17.9 Å². The zero-order valence-corrected chi connectivity index (χ0v) is 12.2. The van der Waals surface area contributed by atoms with E-state index in [-0.39, 0.29) is 11.3 Å². The third-order valence-corrected chi connectivity index (χ3v) is 4.80. The average Bonchev–Trinajstić information content (AvgIpc) is 2.59. The standard InChI is InChI=1S/C13H18N4O2S/c1-13(19)3-2-5-17(6-4-13)12-9(11(16)18)10(15)8(7-14)20-12/h19H,2-6,15H2,1H3,(H2,16,18). The van der Waals surface area contributed by atoms with Crippen LogP contribution in [-0.2, 0) is 0 Å². The number of carbonyl (C=O) groups excluding carboxylic acids is 1. The molecule has 2 rings (SSSR count). The van der Waals surface area contributed by atoms with E-state index in [0.717, 1.165) is 6.42 Å². The quantitative estimate of drug-likeness (QED) is 0.753. The van der Waals surface area contributed by atoms with Gasteiger partial charge in [0, 0.05) is 13.1 Å². The van der Waals surface area contributed by atoms with Crippen LogP contribution in [0.15, 0.2) is 0 Å². The van der Waals surface area contributed by atoms with Gasteiger partial charge in [-0.1, -0.05) is 0 Å². The molecule has 1 aromatic rings. The van der Waals surface area contributed by atoms with Crippen LogP contribution in [0.25, 0.3) is 0 Å². The van der Waals surface area contributed by atoms with E-state index in [1.165, 1.54) is 11.3 Å². The summed E-state index contributed by atoms with van der Waals surface area (Å²) in [7, 11) is 0. The third kappa shape index (κ3) is 2.71. The molecule has 0 radical (unpaired) electrons. The van der Waals surface area contributed by atoms with Gasteiger partial charge in [-0.2, -0.15) is 5.26 Å². The summed E-state index contributed by atoms with van der Waals surface area (Å²) in [6.45, 7) is 3.13. The molecule has 1 fully saturated rings.